The lowest BCUT2D eigenvalue weighted by Gasteiger charge is -2.34. The largest absolute Gasteiger partial charge is 0.336 e. The highest BCUT2D eigenvalue weighted by molar-refractivity contribution is 7.89. The molecular formula is C21H21N5O5S. The Morgan fingerprint density at radius 1 is 1.06 bits per heavy atom. The molecule has 1 aromatic heterocycles. The number of carbonyl (C=O) groups is 1. The molecule has 1 fully saturated rings. The number of hydrogen-bond acceptors (Lipinski definition) is 6. The van der Waals surface area contributed by atoms with Gasteiger partial charge in [-0.2, -0.15) is 9.40 Å². The Labute approximate surface area is 184 Å². The quantitative estimate of drug-likeness (QED) is 0.430. The van der Waals surface area contributed by atoms with E-state index in [9.17, 15) is 23.3 Å². The van der Waals surface area contributed by atoms with Gasteiger partial charge in [-0.1, -0.05) is 6.07 Å². The molecule has 3 aromatic rings. The molecule has 0 N–H and O–H groups in total. The monoisotopic (exact) mass is 455 g/mol. The topological polar surface area (TPSA) is 119 Å². The van der Waals surface area contributed by atoms with Gasteiger partial charge in [-0.25, -0.2) is 13.1 Å². The van der Waals surface area contributed by atoms with E-state index in [-0.39, 0.29) is 42.7 Å². The van der Waals surface area contributed by atoms with Crippen LogP contribution in [0, 0.1) is 17.0 Å². The van der Waals surface area contributed by atoms with Gasteiger partial charge in [-0.05, 0) is 42.8 Å². The fourth-order valence-electron chi connectivity index (χ4n) is 3.61. The normalized spacial score (nSPS) is 15.0. The molecule has 0 aliphatic carbocycles. The van der Waals surface area contributed by atoms with Gasteiger partial charge < -0.3 is 4.90 Å². The number of rotatable bonds is 5. The second-order valence-electron chi connectivity index (χ2n) is 7.40. The SMILES string of the molecule is Cc1ccc([N+](=O)[O-])cc1S(=O)(=O)N1CCN(C(=O)c2ccc(-n3cccn3)cc2)CC1. The van der Waals surface area contributed by atoms with E-state index in [0.29, 0.717) is 11.1 Å². The summed E-state index contributed by atoms with van der Waals surface area (Å²) in [4.78, 5) is 24.8. The van der Waals surface area contributed by atoms with E-state index < -0.39 is 14.9 Å². The molecule has 0 atom stereocenters. The number of aromatic nitrogens is 2. The molecule has 10 nitrogen and oxygen atoms in total. The first kappa shape index (κ1) is 21.7. The lowest BCUT2D eigenvalue weighted by Crippen LogP contribution is -2.50. The van der Waals surface area contributed by atoms with Gasteiger partial charge in [0.1, 0.15) is 0 Å². The Bertz CT molecular complexity index is 1250. The van der Waals surface area contributed by atoms with Gasteiger partial charge in [0.05, 0.1) is 15.5 Å². The molecule has 1 saturated heterocycles. The molecule has 0 saturated carbocycles. The molecule has 1 amide bonds. The van der Waals surface area contributed by atoms with Crippen LogP contribution in [0.4, 0.5) is 5.69 Å². The maximum Gasteiger partial charge on any atom is 0.270 e. The first-order valence-corrected chi connectivity index (χ1v) is 11.4. The summed E-state index contributed by atoms with van der Waals surface area (Å²) in [6.45, 7) is 2.28. The minimum Gasteiger partial charge on any atom is -0.336 e. The zero-order valence-electron chi connectivity index (χ0n) is 17.3. The van der Waals surface area contributed by atoms with Crippen molar-refractivity contribution in [3.05, 3.63) is 82.2 Å². The van der Waals surface area contributed by atoms with Gasteiger partial charge in [-0.3, -0.25) is 14.9 Å². The van der Waals surface area contributed by atoms with Gasteiger partial charge in [-0.15, -0.1) is 0 Å². The molecule has 0 bridgehead atoms. The number of hydrogen-bond donors (Lipinski definition) is 0. The predicted molar refractivity (Wildman–Crippen MR) is 116 cm³/mol. The smallest absolute Gasteiger partial charge is 0.270 e. The van der Waals surface area contributed by atoms with Crippen LogP contribution >= 0.6 is 0 Å². The first-order chi connectivity index (χ1) is 15.3. The number of nitro groups is 1. The minimum atomic E-state index is -3.91. The van der Waals surface area contributed by atoms with Crippen LogP contribution in [0.1, 0.15) is 15.9 Å². The van der Waals surface area contributed by atoms with Crippen molar-refractivity contribution in [2.45, 2.75) is 11.8 Å². The predicted octanol–water partition coefficient (Wildman–Crippen LogP) is 2.24. The molecular weight excluding hydrogens is 434 g/mol. The Morgan fingerprint density at radius 2 is 1.75 bits per heavy atom. The molecule has 1 aliphatic rings. The van der Waals surface area contributed by atoms with Crippen LogP contribution in [0.25, 0.3) is 5.69 Å². The molecule has 2 heterocycles. The standard InChI is InChI=1S/C21H21N5O5S/c1-16-3-6-19(26(28)29)15-20(16)32(30,31)24-13-11-23(12-14-24)21(27)17-4-7-18(8-5-17)25-10-2-9-22-25/h2-10,15H,11-14H2,1H3. The third-order valence-corrected chi connectivity index (χ3v) is 7.45. The van der Waals surface area contributed by atoms with E-state index in [0.717, 1.165) is 11.8 Å². The Morgan fingerprint density at radius 3 is 2.34 bits per heavy atom. The van der Waals surface area contributed by atoms with Crippen molar-refractivity contribution in [1.29, 1.82) is 0 Å². The maximum atomic E-state index is 13.1. The number of nitro benzene ring substituents is 1. The lowest BCUT2D eigenvalue weighted by molar-refractivity contribution is -0.385. The third kappa shape index (κ3) is 4.12. The van der Waals surface area contributed by atoms with Crippen molar-refractivity contribution < 1.29 is 18.1 Å². The summed E-state index contributed by atoms with van der Waals surface area (Å²) in [6.07, 6.45) is 3.47. The summed E-state index contributed by atoms with van der Waals surface area (Å²) >= 11 is 0. The summed E-state index contributed by atoms with van der Waals surface area (Å²) in [7, 11) is -3.91. The molecule has 166 valence electrons. The summed E-state index contributed by atoms with van der Waals surface area (Å²) in [5.41, 5.74) is 1.49. The van der Waals surface area contributed by atoms with Crippen LogP contribution < -0.4 is 0 Å². The second kappa shape index (κ2) is 8.52. The zero-order valence-corrected chi connectivity index (χ0v) is 18.1. The number of sulfonamides is 1. The molecule has 0 unspecified atom stereocenters. The van der Waals surface area contributed by atoms with E-state index in [1.165, 1.54) is 16.4 Å². The van der Waals surface area contributed by atoms with Crippen LogP contribution in [-0.2, 0) is 10.0 Å². The molecule has 11 heteroatoms. The summed E-state index contributed by atoms with van der Waals surface area (Å²) in [5, 5.41) is 15.2. The number of non-ortho nitro benzene ring substituents is 1. The minimum absolute atomic E-state index is 0.0827. The first-order valence-electron chi connectivity index (χ1n) is 9.92. The number of nitrogens with zero attached hydrogens (tertiary/aromatic N) is 5. The van der Waals surface area contributed by atoms with E-state index in [2.05, 4.69) is 5.10 Å². The third-order valence-electron chi connectivity index (χ3n) is 5.41. The maximum absolute atomic E-state index is 13.1. The summed E-state index contributed by atoms with van der Waals surface area (Å²) in [5.74, 6) is -0.180. The van der Waals surface area contributed by atoms with Crippen molar-refractivity contribution in [3.63, 3.8) is 0 Å². The van der Waals surface area contributed by atoms with Gasteiger partial charge in [0, 0.05) is 56.3 Å². The van der Waals surface area contributed by atoms with E-state index >= 15 is 0 Å². The van der Waals surface area contributed by atoms with Crippen LogP contribution in [0.3, 0.4) is 0 Å². The van der Waals surface area contributed by atoms with Crippen molar-refractivity contribution in [2.24, 2.45) is 0 Å². The van der Waals surface area contributed by atoms with Gasteiger partial charge >= 0.3 is 0 Å². The average molecular weight is 455 g/mol. The number of piperazine rings is 1. The van der Waals surface area contributed by atoms with E-state index in [1.807, 2.05) is 6.07 Å². The summed E-state index contributed by atoms with van der Waals surface area (Å²) in [6, 6.07) is 12.6. The van der Waals surface area contributed by atoms with Crippen LogP contribution in [0.15, 0.2) is 65.8 Å². The Balaban J connectivity index is 1.45. The van der Waals surface area contributed by atoms with Crippen molar-refractivity contribution in [2.75, 3.05) is 26.2 Å². The Kier molecular flexibility index (Phi) is 5.76. The highest BCUT2D eigenvalue weighted by Gasteiger charge is 2.32. The van der Waals surface area contributed by atoms with Gasteiger partial charge in [0.15, 0.2) is 0 Å². The van der Waals surface area contributed by atoms with Crippen LogP contribution in [0.5, 0.6) is 0 Å². The van der Waals surface area contributed by atoms with Crippen molar-refractivity contribution >= 4 is 21.6 Å². The molecule has 2 aromatic carbocycles. The van der Waals surface area contributed by atoms with Crippen LogP contribution in [0.2, 0.25) is 0 Å². The van der Waals surface area contributed by atoms with Crippen molar-refractivity contribution in [3.8, 4) is 5.69 Å². The van der Waals surface area contributed by atoms with Crippen LogP contribution in [-0.4, -0.2) is 64.4 Å². The fraction of sp³-hybridized carbons (Fsp3) is 0.238. The molecule has 4 rings (SSSR count). The highest BCUT2D eigenvalue weighted by atomic mass is 32.2. The second-order valence-corrected chi connectivity index (χ2v) is 9.31. The molecule has 32 heavy (non-hydrogen) atoms. The highest BCUT2D eigenvalue weighted by Crippen LogP contribution is 2.26. The summed E-state index contributed by atoms with van der Waals surface area (Å²) < 4.78 is 29.1. The lowest BCUT2D eigenvalue weighted by atomic mass is 10.1. The molecule has 0 radical (unpaired) electrons. The number of aryl methyl sites for hydroxylation is 1. The van der Waals surface area contributed by atoms with E-state index in [4.69, 9.17) is 0 Å². The molecule has 1 aliphatic heterocycles. The van der Waals surface area contributed by atoms with Gasteiger partial charge in [0.25, 0.3) is 11.6 Å². The number of amides is 1. The average Bonchev–Trinajstić information content (AvgIpc) is 3.34. The number of carbonyl (C=O) groups excluding carboxylic acids is 1. The number of benzene rings is 2. The van der Waals surface area contributed by atoms with E-state index in [1.54, 1.807) is 53.2 Å². The fourth-order valence-corrected chi connectivity index (χ4v) is 5.28. The zero-order chi connectivity index (χ0) is 22.9. The molecule has 0 spiro atoms. The Hall–Kier alpha value is -3.57. The van der Waals surface area contributed by atoms with Crippen molar-refractivity contribution in [1.82, 2.24) is 19.0 Å². The van der Waals surface area contributed by atoms with Gasteiger partial charge in [0.2, 0.25) is 10.0 Å².